The predicted molar refractivity (Wildman–Crippen MR) is 71.7 cm³/mol. The fourth-order valence-corrected chi connectivity index (χ4v) is 2.36. The molecule has 0 aromatic heterocycles. The van der Waals surface area contributed by atoms with Crippen LogP contribution in [0.25, 0.3) is 0 Å². The Morgan fingerprint density at radius 1 is 1.29 bits per heavy atom. The maximum atomic E-state index is 5.80. The largest absolute Gasteiger partial charge is 0.494 e. The molecule has 1 aromatic rings. The molecule has 1 aliphatic rings. The highest BCUT2D eigenvalue weighted by Gasteiger charge is 2.10. The molecule has 1 N–H and O–H groups in total. The normalized spacial score (nSPS) is 15.6. The van der Waals surface area contributed by atoms with E-state index in [9.17, 15) is 0 Å². The van der Waals surface area contributed by atoms with E-state index in [1.807, 2.05) is 7.05 Å². The molecule has 1 atom stereocenters. The summed E-state index contributed by atoms with van der Waals surface area (Å²) < 4.78 is 5.80. The van der Waals surface area contributed by atoms with Gasteiger partial charge in [0.05, 0.1) is 6.61 Å². The van der Waals surface area contributed by atoms with Crippen LogP contribution in [0.1, 0.15) is 37.3 Å². The lowest BCUT2D eigenvalue weighted by Gasteiger charge is -2.11. The van der Waals surface area contributed by atoms with Crippen molar-refractivity contribution in [2.45, 2.75) is 45.1 Å². The summed E-state index contributed by atoms with van der Waals surface area (Å²) in [5, 5.41) is 3.24. The zero-order chi connectivity index (χ0) is 12.1. The van der Waals surface area contributed by atoms with Crippen molar-refractivity contribution in [2.75, 3.05) is 13.7 Å². The van der Waals surface area contributed by atoms with Crippen LogP contribution in [0.15, 0.2) is 18.2 Å². The first-order chi connectivity index (χ1) is 8.29. The van der Waals surface area contributed by atoms with Crippen LogP contribution in [-0.2, 0) is 12.8 Å². The Morgan fingerprint density at radius 3 is 2.94 bits per heavy atom. The van der Waals surface area contributed by atoms with Crippen molar-refractivity contribution in [3.05, 3.63) is 29.3 Å². The predicted octanol–water partition coefficient (Wildman–Crippen LogP) is 2.94. The lowest BCUT2D eigenvalue weighted by atomic mass is 10.1. The molecule has 94 valence electrons. The third kappa shape index (κ3) is 3.47. The highest BCUT2D eigenvalue weighted by molar-refractivity contribution is 5.38. The number of fused-ring (bicyclic) bond motifs is 1. The van der Waals surface area contributed by atoms with E-state index in [4.69, 9.17) is 4.74 Å². The van der Waals surface area contributed by atoms with E-state index in [1.165, 1.54) is 36.8 Å². The maximum absolute atomic E-state index is 5.80. The van der Waals surface area contributed by atoms with E-state index in [-0.39, 0.29) is 0 Å². The first-order valence-electron chi connectivity index (χ1n) is 6.71. The summed E-state index contributed by atoms with van der Waals surface area (Å²) in [7, 11) is 2.01. The van der Waals surface area contributed by atoms with Gasteiger partial charge in [-0.25, -0.2) is 0 Å². The van der Waals surface area contributed by atoms with Gasteiger partial charge in [0.25, 0.3) is 0 Å². The number of hydrogen-bond donors (Lipinski definition) is 1. The molecular weight excluding hydrogens is 210 g/mol. The van der Waals surface area contributed by atoms with Crippen LogP contribution >= 0.6 is 0 Å². The second-order valence-electron chi connectivity index (χ2n) is 4.96. The van der Waals surface area contributed by atoms with Crippen LogP contribution in [0.5, 0.6) is 5.75 Å². The Hall–Kier alpha value is -1.02. The van der Waals surface area contributed by atoms with Gasteiger partial charge in [-0.05, 0) is 69.3 Å². The number of hydrogen-bond acceptors (Lipinski definition) is 2. The zero-order valence-corrected chi connectivity index (χ0v) is 11.0. The molecule has 2 heteroatoms. The van der Waals surface area contributed by atoms with Crippen molar-refractivity contribution < 1.29 is 4.74 Å². The van der Waals surface area contributed by atoms with Gasteiger partial charge < -0.3 is 10.1 Å². The molecule has 1 aromatic carbocycles. The summed E-state index contributed by atoms with van der Waals surface area (Å²) in [6.07, 6.45) is 6.05. The molecule has 17 heavy (non-hydrogen) atoms. The Kier molecular flexibility index (Phi) is 4.43. The summed E-state index contributed by atoms with van der Waals surface area (Å²) in [6, 6.07) is 7.15. The summed E-state index contributed by atoms with van der Waals surface area (Å²) in [4.78, 5) is 0. The molecule has 2 nitrogen and oxygen atoms in total. The molecule has 0 spiro atoms. The third-order valence-corrected chi connectivity index (χ3v) is 3.61. The average Bonchev–Trinajstić information content (AvgIpc) is 2.81. The molecule has 0 saturated carbocycles. The smallest absolute Gasteiger partial charge is 0.119 e. The van der Waals surface area contributed by atoms with Gasteiger partial charge in [0.1, 0.15) is 5.75 Å². The van der Waals surface area contributed by atoms with E-state index in [2.05, 4.69) is 30.4 Å². The fraction of sp³-hybridized carbons (Fsp3) is 0.600. The first kappa shape index (κ1) is 12.4. The van der Waals surface area contributed by atoms with Gasteiger partial charge in [0.2, 0.25) is 0 Å². The van der Waals surface area contributed by atoms with Crippen LogP contribution < -0.4 is 10.1 Å². The van der Waals surface area contributed by atoms with E-state index in [1.54, 1.807) is 0 Å². The molecule has 0 fully saturated rings. The summed E-state index contributed by atoms with van der Waals surface area (Å²) in [6.45, 7) is 3.03. The summed E-state index contributed by atoms with van der Waals surface area (Å²) in [5.41, 5.74) is 3.01. The highest BCUT2D eigenvalue weighted by atomic mass is 16.5. The van der Waals surface area contributed by atoms with Crippen LogP contribution in [-0.4, -0.2) is 19.7 Å². The summed E-state index contributed by atoms with van der Waals surface area (Å²) >= 11 is 0. The molecule has 0 heterocycles. The Labute approximate surface area is 104 Å². The van der Waals surface area contributed by atoms with E-state index >= 15 is 0 Å². The molecule has 2 rings (SSSR count). The van der Waals surface area contributed by atoms with E-state index in [0.29, 0.717) is 6.04 Å². The van der Waals surface area contributed by atoms with E-state index in [0.717, 1.165) is 18.8 Å². The number of benzene rings is 1. The Balaban J connectivity index is 1.76. The van der Waals surface area contributed by atoms with Gasteiger partial charge in [-0.15, -0.1) is 0 Å². The quantitative estimate of drug-likeness (QED) is 0.763. The van der Waals surface area contributed by atoms with Crippen molar-refractivity contribution in [3.8, 4) is 5.75 Å². The van der Waals surface area contributed by atoms with Crippen LogP contribution in [0.3, 0.4) is 0 Å². The van der Waals surface area contributed by atoms with Crippen molar-refractivity contribution in [2.24, 2.45) is 0 Å². The van der Waals surface area contributed by atoms with Crippen molar-refractivity contribution in [1.29, 1.82) is 0 Å². The van der Waals surface area contributed by atoms with Gasteiger partial charge in [-0.1, -0.05) is 6.07 Å². The van der Waals surface area contributed by atoms with Gasteiger partial charge in [0, 0.05) is 6.04 Å². The highest BCUT2D eigenvalue weighted by Crippen LogP contribution is 2.26. The second-order valence-corrected chi connectivity index (χ2v) is 4.96. The molecule has 0 aliphatic heterocycles. The van der Waals surface area contributed by atoms with E-state index < -0.39 is 0 Å². The van der Waals surface area contributed by atoms with Gasteiger partial charge in [-0.3, -0.25) is 0 Å². The minimum atomic E-state index is 0.582. The SMILES string of the molecule is CNC(C)CCCOc1ccc2c(c1)CCC2. The van der Waals surface area contributed by atoms with Gasteiger partial charge >= 0.3 is 0 Å². The number of ether oxygens (including phenoxy) is 1. The van der Waals surface area contributed by atoms with Gasteiger partial charge in [0.15, 0.2) is 0 Å². The lowest BCUT2D eigenvalue weighted by Crippen LogP contribution is -2.21. The zero-order valence-electron chi connectivity index (χ0n) is 11.0. The average molecular weight is 233 g/mol. The minimum Gasteiger partial charge on any atom is -0.494 e. The molecule has 0 saturated heterocycles. The number of rotatable bonds is 6. The van der Waals surface area contributed by atoms with Crippen molar-refractivity contribution >= 4 is 0 Å². The molecule has 1 aliphatic carbocycles. The van der Waals surface area contributed by atoms with Gasteiger partial charge in [-0.2, -0.15) is 0 Å². The molecule has 0 amide bonds. The Morgan fingerprint density at radius 2 is 2.12 bits per heavy atom. The molecular formula is C15H23NO. The van der Waals surface area contributed by atoms with Crippen LogP contribution in [0, 0.1) is 0 Å². The number of aryl methyl sites for hydroxylation is 2. The Bertz CT molecular complexity index is 362. The summed E-state index contributed by atoms with van der Waals surface area (Å²) in [5.74, 6) is 1.04. The number of nitrogens with one attached hydrogen (secondary N) is 1. The minimum absolute atomic E-state index is 0.582. The topological polar surface area (TPSA) is 21.3 Å². The van der Waals surface area contributed by atoms with Crippen molar-refractivity contribution in [3.63, 3.8) is 0 Å². The standard InChI is InChI=1S/C15H23NO/c1-12(16-2)5-4-10-17-15-9-8-13-6-3-7-14(13)11-15/h8-9,11-12,16H,3-7,10H2,1-2H3. The van der Waals surface area contributed by atoms with Crippen LogP contribution in [0.4, 0.5) is 0 Å². The first-order valence-corrected chi connectivity index (χ1v) is 6.71. The maximum Gasteiger partial charge on any atom is 0.119 e. The second kappa shape index (κ2) is 6.06. The fourth-order valence-electron chi connectivity index (χ4n) is 2.36. The van der Waals surface area contributed by atoms with Crippen molar-refractivity contribution in [1.82, 2.24) is 5.32 Å². The molecule has 0 radical (unpaired) electrons. The van der Waals surface area contributed by atoms with Crippen LogP contribution in [0.2, 0.25) is 0 Å². The molecule has 1 unspecified atom stereocenters. The molecule has 0 bridgehead atoms. The monoisotopic (exact) mass is 233 g/mol. The third-order valence-electron chi connectivity index (χ3n) is 3.61. The lowest BCUT2D eigenvalue weighted by molar-refractivity contribution is 0.299.